The van der Waals surface area contributed by atoms with E-state index in [-0.39, 0.29) is 5.56 Å². The van der Waals surface area contributed by atoms with Crippen LogP contribution in [0.5, 0.6) is 0 Å². The second-order valence-corrected chi connectivity index (χ2v) is 4.23. The first kappa shape index (κ1) is 10.2. The maximum absolute atomic E-state index is 11.6. The Bertz CT molecular complexity index is 742. The molecule has 0 aliphatic carbocycles. The van der Waals surface area contributed by atoms with Gasteiger partial charge in [-0.2, -0.15) is 0 Å². The van der Waals surface area contributed by atoms with Crippen molar-refractivity contribution in [3.63, 3.8) is 0 Å². The molecule has 0 unspecified atom stereocenters. The summed E-state index contributed by atoms with van der Waals surface area (Å²) in [5, 5.41) is 0.675. The number of fused-ring (bicyclic) bond motifs is 1. The Morgan fingerprint density at radius 2 is 1.94 bits per heavy atom. The fourth-order valence-electron chi connectivity index (χ4n) is 1.84. The van der Waals surface area contributed by atoms with Crippen molar-refractivity contribution in [2.45, 2.75) is 0 Å². The van der Waals surface area contributed by atoms with Crippen LogP contribution in [0, 0.1) is 0 Å². The third-order valence-corrected chi connectivity index (χ3v) is 2.88. The van der Waals surface area contributed by atoms with E-state index in [1.807, 2.05) is 30.3 Å². The van der Waals surface area contributed by atoms with E-state index in [4.69, 9.17) is 11.6 Å². The summed E-state index contributed by atoms with van der Waals surface area (Å²) in [4.78, 5) is 14.8. The Morgan fingerprint density at radius 3 is 2.71 bits per heavy atom. The molecule has 0 radical (unpaired) electrons. The SMILES string of the molecule is O=c1cccc2[nH]c(-c3cccc(Cl)c3)cn12. The molecule has 1 N–H and O–H groups in total. The maximum atomic E-state index is 11.6. The molecular weight excluding hydrogens is 236 g/mol. The van der Waals surface area contributed by atoms with Gasteiger partial charge in [0, 0.05) is 22.8 Å². The number of hydrogen-bond acceptors (Lipinski definition) is 1. The average Bonchev–Trinajstić information content (AvgIpc) is 2.74. The molecule has 2 heterocycles. The lowest BCUT2D eigenvalue weighted by Gasteiger charge is -1.96. The van der Waals surface area contributed by atoms with Crippen molar-refractivity contribution in [2.75, 3.05) is 0 Å². The van der Waals surface area contributed by atoms with Gasteiger partial charge in [-0.25, -0.2) is 0 Å². The Balaban J connectivity index is 2.25. The molecule has 0 saturated carbocycles. The van der Waals surface area contributed by atoms with Crippen LogP contribution >= 0.6 is 11.6 Å². The molecule has 2 aromatic heterocycles. The highest BCUT2D eigenvalue weighted by Gasteiger charge is 2.04. The summed E-state index contributed by atoms with van der Waals surface area (Å²) in [5.41, 5.74) is 2.55. The highest BCUT2D eigenvalue weighted by atomic mass is 35.5. The summed E-state index contributed by atoms with van der Waals surface area (Å²) in [7, 11) is 0. The molecule has 0 bridgehead atoms. The van der Waals surface area contributed by atoms with E-state index < -0.39 is 0 Å². The number of nitrogens with zero attached hydrogens (tertiary/aromatic N) is 1. The molecule has 0 aliphatic rings. The number of pyridine rings is 1. The molecule has 0 saturated heterocycles. The number of nitrogens with one attached hydrogen (secondary N) is 1. The second-order valence-electron chi connectivity index (χ2n) is 3.80. The quantitative estimate of drug-likeness (QED) is 0.702. The smallest absolute Gasteiger partial charge is 0.256 e. The molecule has 0 fully saturated rings. The standard InChI is InChI=1S/C13H9ClN2O/c14-10-4-1-3-9(7-10)11-8-16-12(15-11)5-2-6-13(16)17/h1-8,15H. The fourth-order valence-corrected chi connectivity index (χ4v) is 2.03. The number of aromatic amines is 1. The predicted octanol–water partition coefficient (Wildman–Crippen LogP) is 2.95. The molecule has 3 nitrogen and oxygen atoms in total. The van der Waals surface area contributed by atoms with E-state index in [0.29, 0.717) is 5.02 Å². The van der Waals surface area contributed by atoms with Crippen molar-refractivity contribution in [1.29, 1.82) is 0 Å². The molecule has 1 aromatic carbocycles. The van der Waals surface area contributed by atoms with E-state index in [0.717, 1.165) is 16.9 Å². The van der Waals surface area contributed by atoms with Gasteiger partial charge in [-0.3, -0.25) is 9.20 Å². The van der Waals surface area contributed by atoms with Gasteiger partial charge in [0.05, 0.1) is 5.69 Å². The minimum atomic E-state index is -0.0490. The lowest BCUT2D eigenvalue weighted by Crippen LogP contribution is -2.08. The summed E-state index contributed by atoms with van der Waals surface area (Å²) >= 11 is 5.94. The largest absolute Gasteiger partial charge is 0.340 e. The lowest BCUT2D eigenvalue weighted by atomic mass is 10.2. The normalized spacial score (nSPS) is 10.9. The van der Waals surface area contributed by atoms with Gasteiger partial charge in [0.1, 0.15) is 5.65 Å². The minimum absolute atomic E-state index is 0.0490. The van der Waals surface area contributed by atoms with Gasteiger partial charge in [-0.15, -0.1) is 0 Å². The molecular formula is C13H9ClN2O. The first-order valence-corrected chi connectivity index (χ1v) is 5.58. The van der Waals surface area contributed by atoms with Crippen LogP contribution in [0.1, 0.15) is 0 Å². The predicted molar refractivity (Wildman–Crippen MR) is 68.5 cm³/mol. The van der Waals surface area contributed by atoms with E-state index in [1.165, 1.54) is 6.07 Å². The van der Waals surface area contributed by atoms with Gasteiger partial charge in [0.25, 0.3) is 5.56 Å². The van der Waals surface area contributed by atoms with Crippen LogP contribution in [0.2, 0.25) is 5.02 Å². The number of hydrogen-bond donors (Lipinski definition) is 1. The van der Waals surface area contributed by atoms with Crippen LogP contribution < -0.4 is 5.56 Å². The van der Waals surface area contributed by atoms with Crippen LogP contribution in [-0.2, 0) is 0 Å². The van der Waals surface area contributed by atoms with E-state index in [2.05, 4.69) is 4.98 Å². The number of halogens is 1. The third kappa shape index (κ3) is 1.74. The molecule has 3 aromatic rings. The van der Waals surface area contributed by atoms with Gasteiger partial charge in [-0.05, 0) is 18.2 Å². The summed E-state index contributed by atoms with van der Waals surface area (Å²) in [6.07, 6.45) is 1.78. The minimum Gasteiger partial charge on any atom is -0.340 e. The van der Waals surface area contributed by atoms with Crippen LogP contribution in [0.3, 0.4) is 0 Å². The third-order valence-electron chi connectivity index (χ3n) is 2.65. The van der Waals surface area contributed by atoms with Crippen LogP contribution in [0.15, 0.2) is 53.5 Å². The van der Waals surface area contributed by atoms with E-state index in [9.17, 15) is 4.79 Å². The van der Waals surface area contributed by atoms with Crippen molar-refractivity contribution in [1.82, 2.24) is 9.38 Å². The summed E-state index contributed by atoms with van der Waals surface area (Å²) in [6.45, 7) is 0. The number of benzene rings is 1. The molecule has 0 atom stereocenters. The van der Waals surface area contributed by atoms with Gasteiger partial charge < -0.3 is 4.98 Å². The molecule has 17 heavy (non-hydrogen) atoms. The highest BCUT2D eigenvalue weighted by Crippen LogP contribution is 2.21. The first-order valence-electron chi connectivity index (χ1n) is 5.20. The van der Waals surface area contributed by atoms with Crippen molar-refractivity contribution >= 4 is 17.2 Å². The molecule has 4 heteroatoms. The van der Waals surface area contributed by atoms with E-state index >= 15 is 0 Å². The van der Waals surface area contributed by atoms with Crippen LogP contribution in [-0.4, -0.2) is 9.38 Å². The Labute approximate surface area is 102 Å². The zero-order valence-corrected chi connectivity index (χ0v) is 9.61. The number of aromatic nitrogens is 2. The van der Waals surface area contributed by atoms with Crippen molar-refractivity contribution in [3.05, 3.63) is 64.0 Å². The van der Waals surface area contributed by atoms with Gasteiger partial charge in [-0.1, -0.05) is 29.8 Å². The monoisotopic (exact) mass is 244 g/mol. The number of H-pyrrole nitrogens is 1. The lowest BCUT2D eigenvalue weighted by molar-refractivity contribution is 1.11. The molecule has 84 valence electrons. The zero-order chi connectivity index (χ0) is 11.8. The van der Waals surface area contributed by atoms with Gasteiger partial charge in [0.15, 0.2) is 0 Å². The Morgan fingerprint density at radius 1 is 1.12 bits per heavy atom. The van der Waals surface area contributed by atoms with Crippen molar-refractivity contribution in [2.24, 2.45) is 0 Å². The van der Waals surface area contributed by atoms with Crippen molar-refractivity contribution < 1.29 is 0 Å². The summed E-state index contributed by atoms with van der Waals surface area (Å²) in [6, 6.07) is 12.6. The molecule has 0 spiro atoms. The van der Waals surface area contributed by atoms with Crippen molar-refractivity contribution in [3.8, 4) is 11.3 Å². The van der Waals surface area contributed by atoms with Gasteiger partial charge >= 0.3 is 0 Å². The topological polar surface area (TPSA) is 37.3 Å². The Kier molecular flexibility index (Phi) is 2.27. The highest BCUT2D eigenvalue weighted by molar-refractivity contribution is 6.30. The van der Waals surface area contributed by atoms with Gasteiger partial charge in [0.2, 0.25) is 0 Å². The molecule has 3 rings (SSSR count). The zero-order valence-electron chi connectivity index (χ0n) is 8.85. The van der Waals surface area contributed by atoms with Crippen LogP contribution in [0.25, 0.3) is 16.9 Å². The number of imidazole rings is 1. The van der Waals surface area contributed by atoms with E-state index in [1.54, 1.807) is 16.7 Å². The van der Waals surface area contributed by atoms with Crippen LogP contribution in [0.4, 0.5) is 0 Å². The fraction of sp³-hybridized carbons (Fsp3) is 0. The Hall–Kier alpha value is -2.00. The summed E-state index contributed by atoms with van der Waals surface area (Å²) < 4.78 is 1.58. The molecule has 0 aliphatic heterocycles. The second kappa shape index (κ2) is 3.79. The maximum Gasteiger partial charge on any atom is 0.256 e. The number of rotatable bonds is 1. The summed E-state index contributed by atoms with van der Waals surface area (Å²) in [5.74, 6) is 0. The average molecular weight is 245 g/mol. The first-order chi connectivity index (χ1) is 8.24. The molecule has 0 amide bonds.